The van der Waals surface area contributed by atoms with E-state index in [4.69, 9.17) is 11.6 Å². The minimum absolute atomic E-state index is 0.154. The third kappa shape index (κ3) is 3.00. The summed E-state index contributed by atoms with van der Waals surface area (Å²) in [6, 6.07) is 0. The van der Waals surface area contributed by atoms with Crippen molar-refractivity contribution in [1.29, 1.82) is 0 Å². The molecule has 0 fully saturated rings. The van der Waals surface area contributed by atoms with Crippen LogP contribution in [-0.2, 0) is 0 Å². The van der Waals surface area contributed by atoms with Gasteiger partial charge in [-0.05, 0) is 12.2 Å². The Morgan fingerprint density at radius 1 is 1.33 bits per heavy atom. The molecule has 0 spiro atoms. The van der Waals surface area contributed by atoms with Crippen LogP contribution in [0.2, 0.25) is 0 Å². The molecule has 12 heavy (non-hydrogen) atoms. The van der Waals surface area contributed by atoms with Crippen LogP contribution < -0.4 is 0 Å². The van der Waals surface area contributed by atoms with E-state index in [-0.39, 0.29) is 5.50 Å². The van der Waals surface area contributed by atoms with Gasteiger partial charge in [0.15, 0.2) is 5.50 Å². The Kier molecular flexibility index (Phi) is 5.27. The van der Waals surface area contributed by atoms with Crippen molar-refractivity contribution in [2.75, 3.05) is 20.1 Å². The van der Waals surface area contributed by atoms with Gasteiger partial charge in [-0.3, -0.25) is 0 Å². The molecule has 0 aliphatic carbocycles. The Hall–Kier alpha value is -0.270. The minimum atomic E-state index is 0.154. The van der Waals surface area contributed by atoms with Gasteiger partial charge < -0.3 is 4.48 Å². The molecule has 0 rings (SSSR count). The zero-order chi connectivity index (χ0) is 9.61. The van der Waals surface area contributed by atoms with E-state index in [2.05, 4.69) is 27.1 Å². The number of halogens is 1. The molecular weight excluding hydrogens is 170 g/mol. The molecule has 0 aromatic heterocycles. The van der Waals surface area contributed by atoms with Gasteiger partial charge in [-0.1, -0.05) is 31.7 Å². The standard InChI is InChI=1S/C10H19ClN/c1-5-8-12(4,9-6-2)10(11)7-3/h5-6,10H,1-2,7-9H2,3-4H3/q+1. The van der Waals surface area contributed by atoms with Crippen LogP contribution in [0.4, 0.5) is 0 Å². The van der Waals surface area contributed by atoms with Crippen molar-refractivity contribution in [2.45, 2.75) is 18.8 Å². The van der Waals surface area contributed by atoms with E-state index < -0.39 is 0 Å². The van der Waals surface area contributed by atoms with Gasteiger partial charge in [-0.25, -0.2) is 0 Å². The highest BCUT2D eigenvalue weighted by molar-refractivity contribution is 6.19. The van der Waals surface area contributed by atoms with Crippen LogP contribution in [0.15, 0.2) is 25.3 Å². The van der Waals surface area contributed by atoms with Gasteiger partial charge in [0.25, 0.3) is 0 Å². The average molecular weight is 189 g/mol. The molecule has 0 amide bonds. The van der Waals surface area contributed by atoms with E-state index >= 15 is 0 Å². The van der Waals surface area contributed by atoms with Gasteiger partial charge in [0, 0.05) is 6.42 Å². The van der Waals surface area contributed by atoms with Crippen LogP contribution in [0.25, 0.3) is 0 Å². The molecule has 70 valence electrons. The summed E-state index contributed by atoms with van der Waals surface area (Å²) in [4.78, 5) is 0. The van der Waals surface area contributed by atoms with Gasteiger partial charge in [-0.15, -0.1) is 0 Å². The second-order valence-electron chi connectivity index (χ2n) is 3.26. The molecular formula is C10H19ClN+. The monoisotopic (exact) mass is 188 g/mol. The van der Waals surface area contributed by atoms with Crippen LogP contribution >= 0.6 is 11.6 Å². The van der Waals surface area contributed by atoms with Gasteiger partial charge in [-0.2, -0.15) is 0 Å². The second kappa shape index (κ2) is 5.39. The predicted octanol–water partition coefficient (Wildman–Crippen LogP) is 2.78. The lowest BCUT2D eigenvalue weighted by molar-refractivity contribution is -0.910. The van der Waals surface area contributed by atoms with E-state index in [1.54, 1.807) is 0 Å². The first-order valence-corrected chi connectivity index (χ1v) is 4.74. The first kappa shape index (κ1) is 11.7. The number of quaternary nitrogens is 1. The molecule has 0 aromatic rings. The Labute approximate surface area is 80.9 Å². The number of nitrogens with zero attached hydrogens (tertiary/aromatic N) is 1. The first-order chi connectivity index (χ1) is 5.60. The number of rotatable bonds is 6. The van der Waals surface area contributed by atoms with Crippen LogP contribution in [-0.4, -0.2) is 30.1 Å². The summed E-state index contributed by atoms with van der Waals surface area (Å²) in [7, 11) is 2.13. The predicted molar refractivity (Wildman–Crippen MR) is 56.2 cm³/mol. The molecule has 1 atom stereocenters. The molecule has 0 aromatic carbocycles. The SMILES string of the molecule is C=CC[N+](C)(CC=C)C(Cl)CC. The lowest BCUT2D eigenvalue weighted by Crippen LogP contribution is -2.49. The molecule has 0 saturated heterocycles. The van der Waals surface area contributed by atoms with E-state index in [0.717, 1.165) is 24.0 Å². The third-order valence-electron chi connectivity index (χ3n) is 2.11. The fraction of sp³-hybridized carbons (Fsp3) is 0.600. The van der Waals surface area contributed by atoms with E-state index in [1.807, 2.05) is 12.2 Å². The Morgan fingerprint density at radius 2 is 1.75 bits per heavy atom. The molecule has 0 heterocycles. The number of likely N-dealkylation sites (N-methyl/N-ethyl adjacent to an activating group) is 1. The Morgan fingerprint density at radius 3 is 2.00 bits per heavy atom. The fourth-order valence-corrected chi connectivity index (χ4v) is 1.49. The van der Waals surface area contributed by atoms with Gasteiger partial charge >= 0.3 is 0 Å². The normalized spacial score (nSPS) is 13.9. The molecule has 0 radical (unpaired) electrons. The molecule has 0 aliphatic rings. The average Bonchev–Trinajstić information content (AvgIpc) is 2.04. The second-order valence-corrected chi connectivity index (χ2v) is 3.77. The smallest absolute Gasteiger partial charge is 0.164 e. The maximum absolute atomic E-state index is 6.21. The van der Waals surface area contributed by atoms with Crippen molar-refractivity contribution in [3.63, 3.8) is 0 Å². The maximum atomic E-state index is 6.21. The molecule has 0 aliphatic heterocycles. The largest absolute Gasteiger partial charge is 0.305 e. The summed E-state index contributed by atoms with van der Waals surface area (Å²) in [5.41, 5.74) is 0.154. The molecule has 1 nitrogen and oxygen atoms in total. The topological polar surface area (TPSA) is 0 Å². The van der Waals surface area contributed by atoms with E-state index in [1.165, 1.54) is 0 Å². The first-order valence-electron chi connectivity index (χ1n) is 4.30. The summed E-state index contributed by atoms with van der Waals surface area (Å²) in [6.07, 6.45) is 4.79. The molecule has 0 N–H and O–H groups in total. The lowest BCUT2D eigenvalue weighted by atomic mass is 10.3. The highest BCUT2D eigenvalue weighted by Gasteiger charge is 2.26. The number of hydrogen-bond donors (Lipinski definition) is 0. The number of alkyl halides is 1. The highest BCUT2D eigenvalue weighted by Crippen LogP contribution is 2.17. The molecule has 2 heteroatoms. The fourth-order valence-electron chi connectivity index (χ4n) is 1.33. The van der Waals surface area contributed by atoms with E-state index in [0.29, 0.717) is 0 Å². The minimum Gasteiger partial charge on any atom is -0.305 e. The van der Waals surface area contributed by atoms with Gasteiger partial charge in [0.1, 0.15) is 0 Å². The maximum Gasteiger partial charge on any atom is 0.164 e. The zero-order valence-electron chi connectivity index (χ0n) is 8.09. The summed E-state index contributed by atoms with van der Waals surface area (Å²) in [5, 5.41) is 0. The summed E-state index contributed by atoms with van der Waals surface area (Å²) < 4.78 is 0.797. The van der Waals surface area contributed by atoms with Crippen molar-refractivity contribution in [2.24, 2.45) is 0 Å². The van der Waals surface area contributed by atoms with Gasteiger partial charge in [0.05, 0.1) is 20.1 Å². The summed E-state index contributed by atoms with van der Waals surface area (Å²) in [6.45, 7) is 11.4. The van der Waals surface area contributed by atoms with Crippen LogP contribution in [0, 0.1) is 0 Å². The van der Waals surface area contributed by atoms with E-state index in [9.17, 15) is 0 Å². The third-order valence-corrected chi connectivity index (χ3v) is 2.89. The molecule has 0 saturated carbocycles. The van der Waals surface area contributed by atoms with Crippen LogP contribution in [0.5, 0.6) is 0 Å². The van der Waals surface area contributed by atoms with Crippen LogP contribution in [0.3, 0.4) is 0 Å². The van der Waals surface area contributed by atoms with Crippen molar-refractivity contribution < 1.29 is 4.48 Å². The molecule has 1 unspecified atom stereocenters. The zero-order valence-corrected chi connectivity index (χ0v) is 8.85. The highest BCUT2D eigenvalue weighted by atomic mass is 35.5. The lowest BCUT2D eigenvalue weighted by Gasteiger charge is -2.36. The quantitative estimate of drug-likeness (QED) is 0.260. The van der Waals surface area contributed by atoms with Crippen LogP contribution in [0.1, 0.15) is 13.3 Å². The van der Waals surface area contributed by atoms with Crippen molar-refractivity contribution in [3.8, 4) is 0 Å². The summed E-state index contributed by atoms with van der Waals surface area (Å²) in [5.74, 6) is 0. The summed E-state index contributed by atoms with van der Waals surface area (Å²) >= 11 is 6.21. The van der Waals surface area contributed by atoms with Gasteiger partial charge in [0.2, 0.25) is 0 Å². The Bertz CT molecular complexity index is 144. The Balaban J connectivity index is 4.34. The molecule has 0 bridgehead atoms. The van der Waals surface area contributed by atoms with Crippen molar-refractivity contribution in [3.05, 3.63) is 25.3 Å². The van der Waals surface area contributed by atoms with Crippen molar-refractivity contribution >= 4 is 11.6 Å². The number of hydrogen-bond acceptors (Lipinski definition) is 0. The van der Waals surface area contributed by atoms with Crippen molar-refractivity contribution in [1.82, 2.24) is 0 Å².